The minimum absolute atomic E-state index is 0.215. The fourth-order valence-electron chi connectivity index (χ4n) is 3.52. The maximum absolute atomic E-state index is 13.1. The average Bonchev–Trinajstić information content (AvgIpc) is 3.07. The highest BCUT2D eigenvalue weighted by atomic mass is 16.5. The predicted molar refractivity (Wildman–Crippen MR) is 91.4 cm³/mol. The van der Waals surface area contributed by atoms with Crippen molar-refractivity contribution in [2.24, 2.45) is 5.92 Å². The SMILES string of the molecule is COC(=O)C1CN(c2ccccc2)C2=C1C(=O)c1ccccc1C2=O. The minimum Gasteiger partial charge on any atom is -0.468 e. The highest BCUT2D eigenvalue weighted by Crippen LogP contribution is 2.40. The molecule has 0 aromatic heterocycles. The van der Waals surface area contributed by atoms with E-state index in [0.717, 1.165) is 5.69 Å². The van der Waals surface area contributed by atoms with Crippen LogP contribution in [-0.4, -0.2) is 31.2 Å². The van der Waals surface area contributed by atoms with Crippen LogP contribution < -0.4 is 4.90 Å². The molecular formula is C20H15NO4. The normalized spacial score (nSPS) is 18.9. The Morgan fingerprint density at radius 3 is 2.20 bits per heavy atom. The zero-order valence-electron chi connectivity index (χ0n) is 13.6. The number of ether oxygens (including phenoxy) is 1. The van der Waals surface area contributed by atoms with Gasteiger partial charge < -0.3 is 9.64 Å². The van der Waals surface area contributed by atoms with Crippen molar-refractivity contribution < 1.29 is 19.1 Å². The molecule has 5 heteroatoms. The number of Topliss-reactive ketones (excluding diaryl/α,β-unsaturated/α-hetero) is 2. The van der Waals surface area contributed by atoms with Gasteiger partial charge in [0, 0.05) is 28.9 Å². The van der Waals surface area contributed by atoms with Gasteiger partial charge in [0.1, 0.15) is 5.92 Å². The lowest BCUT2D eigenvalue weighted by Crippen LogP contribution is -2.28. The first-order chi connectivity index (χ1) is 12.1. The molecule has 5 nitrogen and oxygen atoms in total. The van der Waals surface area contributed by atoms with Crippen LogP contribution in [0, 0.1) is 5.92 Å². The van der Waals surface area contributed by atoms with Crippen LogP contribution in [-0.2, 0) is 9.53 Å². The maximum atomic E-state index is 13.1. The Balaban J connectivity index is 1.92. The van der Waals surface area contributed by atoms with Gasteiger partial charge in [-0.25, -0.2) is 0 Å². The van der Waals surface area contributed by atoms with Crippen LogP contribution in [0.1, 0.15) is 20.7 Å². The van der Waals surface area contributed by atoms with Crippen LogP contribution in [0.3, 0.4) is 0 Å². The van der Waals surface area contributed by atoms with Crippen LogP contribution in [0.4, 0.5) is 5.69 Å². The second-order valence-corrected chi connectivity index (χ2v) is 5.99. The van der Waals surface area contributed by atoms with Gasteiger partial charge in [-0.2, -0.15) is 0 Å². The Hall–Kier alpha value is -3.21. The van der Waals surface area contributed by atoms with E-state index in [1.54, 1.807) is 29.2 Å². The van der Waals surface area contributed by atoms with Crippen LogP contribution in [0.2, 0.25) is 0 Å². The molecule has 0 saturated carbocycles. The molecule has 25 heavy (non-hydrogen) atoms. The first-order valence-corrected chi connectivity index (χ1v) is 7.96. The number of carbonyl (C=O) groups excluding carboxylic acids is 3. The van der Waals surface area contributed by atoms with E-state index in [1.807, 2.05) is 30.3 Å². The number of hydrogen-bond donors (Lipinski definition) is 0. The van der Waals surface area contributed by atoms with E-state index in [0.29, 0.717) is 11.1 Å². The lowest BCUT2D eigenvalue weighted by molar-refractivity contribution is -0.143. The third-order valence-electron chi connectivity index (χ3n) is 4.67. The number of methoxy groups -OCH3 is 1. The van der Waals surface area contributed by atoms with Crippen LogP contribution in [0.15, 0.2) is 65.9 Å². The standard InChI is InChI=1S/C20H15NO4/c1-25-20(24)15-11-21(12-7-3-2-4-8-12)17-16(15)18(22)13-9-5-6-10-14(13)19(17)23/h2-10,15H,11H2,1H3. The van der Waals surface area contributed by atoms with Crippen molar-refractivity contribution in [2.75, 3.05) is 18.6 Å². The van der Waals surface area contributed by atoms with Crippen molar-refractivity contribution >= 4 is 23.2 Å². The molecule has 1 heterocycles. The topological polar surface area (TPSA) is 63.7 Å². The summed E-state index contributed by atoms with van der Waals surface area (Å²) in [6.07, 6.45) is 0. The molecule has 1 aliphatic heterocycles. The van der Waals surface area contributed by atoms with Gasteiger partial charge in [0.05, 0.1) is 12.8 Å². The number of carbonyl (C=O) groups is 3. The number of fused-ring (bicyclic) bond motifs is 1. The first-order valence-electron chi connectivity index (χ1n) is 7.96. The Labute approximate surface area is 144 Å². The molecule has 0 N–H and O–H groups in total. The zero-order chi connectivity index (χ0) is 17.6. The van der Waals surface area contributed by atoms with Gasteiger partial charge in [0.2, 0.25) is 5.78 Å². The Bertz CT molecular complexity index is 930. The molecule has 0 spiro atoms. The lowest BCUT2D eigenvalue weighted by Gasteiger charge is -2.24. The summed E-state index contributed by atoms with van der Waals surface area (Å²) in [6, 6.07) is 16.0. The summed E-state index contributed by atoms with van der Waals surface area (Å²) in [6.45, 7) is 0.215. The summed E-state index contributed by atoms with van der Waals surface area (Å²) >= 11 is 0. The Kier molecular flexibility index (Phi) is 3.50. The maximum Gasteiger partial charge on any atom is 0.315 e. The fourth-order valence-corrected chi connectivity index (χ4v) is 3.52. The Morgan fingerprint density at radius 2 is 1.56 bits per heavy atom. The second-order valence-electron chi connectivity index (χ2n) is 5.99. The largest absolute Gasteiger partial charge is 0.468 e. The molecule has 2 aliphatic rings. The predicted octanol–water partition coefficient (Wildman–Crippen LogP) is 2.63. The van der Waals surface area contributed by atoms with Crippen molar-refractivity contribution in [3.63, 3.8) is 0 Å². The van der Waals surface area contributed by atoms with Gasteiger partial charge >= 0.3 is 5.97 Å². The number of nitrogens with zero attached hydrogens (tertiary/aromatic N) is 1. The lowest BCUT2D eigenvalue weighted by atomic mass is 9.83. The van der Waals surface area contributed by atoms with Crippen LogP contribution in [0.25, 0.3) is 0 Å². The van der Waals surface area contributed by atoms with Crippen molar-refractivity contribution in [2.45, 2.75) is 0 Å². The van der Waals surface area contributed by atoms with E-state index < -0.39 is 11.9 Å². The molecule has 0 bridgehead atoms. The number of rotatable bonds is 2. The molecular weight excluding hydrogens is 318 g/mol. The second kappa shape index (κ2) is 5.70. The number of allylic oxidation sites excluding steroid dienone is 1. The number of para-hydroxylation sites is 1. The van der Waals surface area contributed by atoms with Crippen molar-refractivity contribution in [1.82, 2.24) is 0 Å². The molecule has 2 aromatic carbocycles. The molecule has 124 valence electrons. The molecule has 4 rings (SSSR count). The first kappa shape index (κ1) is 15.3. The molecule has 2 aromatic rings. The van der Waals surface area contributed by atoms with Gasteiger partial charge in [-0.3, -0.25) is 14.4 Å². The number of esters is 1. The summed E-state index contributed by atoms with van der Waals surface area (Å²) in [5, 5.41) is 0. The van der Waals surface area contributed by atoms with Crippen molar-refractivity contribution in [1.29, 1.82) is 0 Å². The van der Waals surface area contributed by atoms with E-state index in [9.17, 15) is 14.4 Å². The average molecular weight is 333 g/mol. The monoisotopic (exact) mass is 333 g/mol. The summed E-state index contributed by atoms with van der Waals surface area (Å²) in [7, 11) is 1.29. The Morgan fingerprint density at radius 1 is 0.960 bits per heavy atom. The fraction of sp³-hybridized carbons (Fsp3) is 0.150. The van der Waals surface area contributed by atoms with E-state index in [2.05, 4.69) is 0 Å². The van der Waals surface area contributed by atoms with Gasteiger partial charge in [0.25, 0.3) is 0 Å². The number of anilines is 1. The van der Waals surface area contributed by atoms with E-state index in [-0.39, 0.29) is 29.4 Å². The highest BCUT2D eigenvalue weighted by molar-refractivity contribution is 6.30. The van der Waals surface area contributed by atoms with Crippen LogP contribution >= 0.6 is 0 Å². The van der Waals surface area contributed by atoms with Crippen molar-refractivity contribution in [3.05, 3.63) is 77.0 Å². The summed E-state index contributed by atoms with van der Waals surface area (Å²) in [5.41, 5.74) is 2.00. The van der Waals surface area contributed by atoms with E-state index >= 15 is 0 Å². The third kappa shape index (κ3) is 2.20. The quantitative estimate of drug-likeness (QED) is 0.791. The molecule has 1 unspecified atom stereocenters. The molecule has 0 fully saturated rings. The van der Waals surface area contributed by atoms with E-state index in [1.165, 1.54) is 7.11 Å². The molecule has 0 saturated heterocycles. The third-order valence-corrected chi connectivity index (χ3v) is 4.67. The van der Waals surface area contributed by atoms with Gasteiger partial charge in [-0.15, -0.1) is 0 Å². The highest BCUT2D eigenvalue weighted by Gasteiger charge is 2.47. The molecule has 1 atom stereocenters. The number of benzene rings is 2. The smallest absolute Gasteiger partial charge is 0.315 e. The number of ketones is 2. The van der Waals surface area contributed by atoms with Crippen LogP contribution in [0.5, 0.6) is 0 Å². The minimum atomic E-state index is -0.773. The summed E-state index contributed by atoms with van der Waals surface area (Å²) < 4.78 is 4.88. The summed E-state index contributed by atoms with van der Waals surface area (Å²) in [5.74, 6) is -1.80. The molecule has 0 amide bonds. The zero-order valence-corrected chi connectivity index (χ0v) is 13.6. The van der Waals surface area contributed by atoms with E-state index in [4.69, 9.17) is 4.74 Å². The van der Waals surface area contributed by atoms with Gasteiger partial charge in [0.15, 0.2) is 5.78 Å². The van der Waals surface area contributed by atoms with Gasteiger partial charge in [-0.1, -0.05) is 42.5 Å². The molecule has 1 aliphatic carbocycles. The number of hydrogen-bond acceptors (Lipinski definition) is 5. The van der Waals surface area contributed by atoms with Crippen molar-refractivity contribution in [3.8, 4) is 0 Å². The summed E-state index contributed by atoms with van der Waals surface area (Å²) in [4.78, 5) is 40.1. The van der Waals surface area contributed by atoms with Gasteiger partial charge in [-0.05, 0) is 12.1 Å². The molecule has 0 radical (unpaired) electrons.